The van der Waals surface area contributed by atoms with E-state index in [1.54, 1.807) is 54.6 Å². The lowest BCUT2D eigenvalue weighted by atomic mass is 10.1. The molecule has 4 aromatic carbocycles. The Morgan fingerprint density at radius 3 is 1.43 bits per heavy atom. The van der Waals surface area contributed by atoms with Gasteiger partial charge in [-0.1, -0.05) is 48.0 Å². The summed E-state index contributed by atoms with van der Waals surface area (Å²) in [6.07, 6.45) is 0.958. The third-order valence-corrected chi connectivity index (χ3v) is 14.3. The first-order valence-electron chi connectivity index (χ1n) is 20.3. The Labute approximate surface area is 384 Å². The minimum absolute atomic E-state index is 0.0683. The van der Waals surface area contributed by atoms with E-state index in [0.29, 0.717) is 37.1 Å². The van der Waals surface area contributed by atoms with Gasteiger partial charge >= 0.3 is 11.9 Å². The number of nitrogens with zero attached hydrogens (tertiary/aromatic N) is 4. The lowest BCUT2D eigenvalue weighted by Crippen LogP contribution is -2.41. The average Bonchev–Trinajstić information content (AvgIpc) is 3.26. The number of carbonyl (C=O) groups is 2. The average molecular weight is 980 g/mol. The van der Waals surface area contributed by atoms with Crippen molar-refractivity contribution < 1.29 is 54.4 Å². The van der Waals surface area contributed by atoms with E-state index in [1.165, 1.54) is 40.7 Å². The van der Waals surface area contributed by atoms with E-state index >= 15 is 0 Å². The zero-order valence-electron chi connectivity index (χ0n) is 36.5. The fourth-order valence-electron chi connectivity index (χ4n) is 6.27. The van der Waals surface area contributed by atoms with Gasteiger partial charge in [-0.2, -0.15) is 8.61 Å². The summed E-state index contributed by atoms with van der Waals surface area (Å²) in [6, 6.07) is 24.1. The molecule has 65 heavy (non-hydrogen) atoms. The molecule has 2 fully saturated rings. The molecule has 0 amide bonds. The van der Waals surface area contributed by atoms with Crippen molar-refractivity contribution in [2.45, 2.75) is 81.2 Å². The van der Waals surface area contributed by atoms with Crippen LogP contribution in [0.1, 0.15) is 50.7 Å². The lowest BCUT2D eigenvalue weighted by molar-refractivity contribution is -0.148. The van der Waals surface area contributed by atoms with E-state index in [-0.39, 0.29) is 76.3 Å². The molecule has 352 valence electrons. The van der Waals surface area contributed by atoms with Crippen LogP contribution in [0.2, 0.25) is 19.6 Å². The maximum absolute atomic E-state index is 14.4. The molecule has 6 rings (SSSR count). The van der Waals surface area contributed by atoms with E-state index < -0.39 is 46.0 Å². The van der Waals surface area contributed by atoms with Gasteiger partial charge in [-0.3, -0.25) is 20.3 Å². The SMILES string of the molecule is CC(=O)OC1CCN(S(=O)(=O)c2ccc(F)c(C(=Nc3ccccc3)NO)c2)CC1.CC(=O)OC1CCN(S(=O)(=O)c2ccc(F)c(C(Cl)=Nc3ccccc3)c2)CC1.C[Si](C)(C)ON. The second kappa shape index (κ2) is 24.0. The van der Waals surface area contributed by atoms with E-state index in [2.05, 4.69) is 14.5 Å². The number of aliphatic imine (C=N–C) groups is 2. The van der Waals surface area contributed by atoms with Crippen molar-refractivity contribution in [2.75, 3.05) is 26.2 Å². The molecular weight excluding hydrogens is 926 g/mol. The number of para-hydroxylation sites is 2. The van der Waals surface area contributed by atoms with Crippen LogP contribution in [0.4, 0.5) is 20.2 Å². The molecule has 2 heterocycles. The molecule has 0 spiro atoms. The smallest absolute Gasteiger partial charge is 0.302 e. The van der Waals surface area contributed by atoms with Crippen molar-refractivity contribution >= 4 is 74.3 Å². The van der Waals surface area contributed by atoms with Crippen molar-refractivity contribution in [2.24, 2.45) is 15.9 Å². The number of ether oxygens (including phenoxy) is 2. The first-order valence-corrected chi connectivity index (χ1v) is 27.0. The van der Waals surface area contributed by atoms with Crippen LogP contribution in [0.3, 0.4) is 0 Å². The number of nitrogens with one attached hydrogen (secondary N) is 1. The molecule has 2 saturated heterocycles. The number of hydrogen-bond donors (Lipinski definition) is 3. The summed E-state index contributed by atoms with van der Waals surface area (Å²) in [6.45, 7) is 9.51. The number of amidine groups is 1. The molecule has 0 saturated carbocycles. The van der Waals surface area contributed by atoms with Crippen molar-refractivity contribution in [3.8, 4) is 0 Å². The van der Waals surface area contributed by atoms with Gasteiger partial charge in [0, 0.05) is 45.6 Å². The first kappa shape index (κ1) is 52.6. The fourth-order valence-corrected chi connectivity index (χ4v) is 9.51. The molecule has 4 N–H and O–H groups in total. The van der Waals surface area contributed by atoms with Crippen LogP contribution in [0, 0.1) is 11.6 Å². The van der Waals surface area contributed by atoms with Crippen LogP contribution in [0.15, 0.2) is 117 Å². The molecule has 4 aromatic rings. The highest BCUT2D eigenvalue weighted by Gasteiger charge is 2.33. The minimum Gasteiger partial charge on any atom is -0.462 e. The summed E-state index contributed by atoms with van der Waals surface area (Å²) in [5.41, 5.74) is 2.55. The number of halogens is 3. The number of benzene rings is 4. The van der Waals surface area contributed by atoms with E-state index in [9.17, 15) is 40.4 Å². The highest BCUT2D eigenvalue weighted by atomic mass is 35.5. The Morgan fingerprint density at radius 1 is 0.692 bits per heavy atom. The Balaban J connectivity index is 0.000000253. The largest absolute Gasteiger partial charge is 0.462 e. The molecule has 0 aliphatic carbocycles. The van der Waals surface area contributed by atoms with Gasteiger partial charge in [-0.15, -0.1) is 0 Å². The molecule has 0 bridgehead atoms. The summed E-state index contributed by atoms with van der Waals surface area (Å²) in [4.78, 5) is 30.2. The van der Waals surface area contributed by atoms with Crippen LogP contribution in [-0.4, -0.2) is 100 Å². The van der Waals surface area contributed by atoms with Gasteiger partial charge in [0.25, 0.3) is 0 Å². The van der Waals surface area contributed by atoms with Crippen molar-refractivity contribution in [1.29, 1.82) is 0 Å². The maximum atomic E-state index is 14.4. The molecule has 16 nitrogen and oxygen atoms in total. The normalized spacial score (nSPS) is 16.0. The van der Waals surface area contributed by atoms with Crippen molar-refractivity contribution in [3.05, 3.63) is 120 Å². The summed E-state index contributed by atoms with van der Waals surface area (Å²) < 4.78 is 98.1. The van der Waals surface area contributed by atoms with Gasteiger partial charge < -0.3 is 14.0 Å². The summed E-state index contributed by atoms with van der Waals surface area (Å²) in [5, 5.41) is 9.32. The number of rotatable bonds is 11. The quantitative estimate of drug-likeness (QED) is 0.0448. The van der Waals surface area contributed by atoms with Crippen LogP contribution in [0.25, 0.3) is 0 Å². The molecule has 0 unspecified atom stereocenters. The van der Waals surface area contributed by atoms with Crippen LogP contribution < -0.4 is 11.4 Å². The molecule has 22 heteroatoms. The number of nitrogens with two attached hydrogens (primary N) is 1. The Morgan fingerprint density at radius 2 is 1.06 bits per heavy atom. The fraction of sp³-hybridized carbons (Fsp3) is 0.349. The second-order valence-corrected chi connectivity index (χ2v) is 24.3. The van der Waals surface area contributed by atoms with Gasteiger partial charge in [0.15, 0.2) is 5.84 Å². The van der Waals surface area contributed by atoms with Crippen LogP contribution >= 0.6 is 11.6 Å². The zero-order chi connectivity index (χ0) is 48.0. The standard InChI is InChI=1S/C20H20ClFN2O4S.C20H22FN3O5S.C3H11NOSi/c1-14(25)28-16-9-11-24(12-10-16)29(26,27)17-7-8-19(22)18(13-17)20(21)23-15-5-3-2-4-6-15;1-14(25)29-16-9-11-24(12-10-16)30(27,28)17-7-8-19(21)18(13-17)20(23-26)22-15-5-3-2-4-6-15;1-6(2,3)5-4/h2-8,13,16H,9-12H2,1H3;2-8,13,16,26H,9-12H2,1H3,(H,22,23);4H2,1-3H3. The van der Waals surface area contributed by atoms with Gasteiger partial charge in [-0.05, 0) is 106 Å². The maximum Gasteiger partial charge on any atom is 0.302 e. The summed E-state index contributed by atoms with van der Waals surface area (Å²) >= 11 is 6.17. The summed E-state index contributed by atoms with van der Waals surface area (Å²) in [5.74, 6) is 2.46. The number of hydroxylamine groups is 1. The molecule has 0 atom stereocenters. The van der Waals surface area contributed by atoms with E-state index in [1.807, 2.05) is 31.2 Å². The highest BCUT2D eigenvalue weighted by molar-refractivity contribution is 7.89. The first-order chi connectivity index (χ1) is 30.6. The Hall–Kier alpha value is -4.97. The van der Waals surface area contributed by atoms with Gasteiger partial charge in [0.2, 0.25) is 28.4 Å². The topological polar surface area (TPSA) is 220 Å². The third kappa shape index (κ3) is 15.9. The molecule has 2 aliphatic rings. The molecule has 0 aromatic heterocycles. The molecule has 0 radical (unpaired) electrons. The highest BCUT2D eigenvalue weighted by Crippen LogP contribution is 2.27. The van der Waals surface area contributed by atoms with Gasteiger partial charge in [-0.25, -0.2) is 41.5 Å². The minimum atomic E-state index is -3.91. The summed E-state index contributed by atoms with van der Waals surface area (Å²) in [7, 11) is -9.11. The van der Waals surface area contributed by atoms with Crippen molar-refractivity contribution in [3.63, 3.8) is 0 Å². The number of piperidine rings is 2. The van der Waals surface area contributed by atoms with Gasteiger partial charge in [0.1, 0.15) is 29.0 Å². The molecule has 2 aliphatic heterocycles. The van der Waals surface area contributed by atoms with Gasteiger partial charge in [0.05, 0.1) is 26.7 Å². The van der Waals surface area contributed by atoms with E-state index in [4.69, 9.17) is 27.0 Å². The Bertz CT molecular complexity index is 2520. The molecular formula is C43H53ClF2N6O10S2Si. The number of hydrogen-bond acceptors (Lipinski definition) is 13. The number of esters is 2. The zero-order valence-corrected chi connectivity index (χ0v) is 39.9. The van der Waals surface area contributed by atoms with Crippen LogP contribution in [-0.2, 0) is 43.6 Å². The van der Waals surface area contributed by atoms with E-state index in [0.717, 1.165) is 18.2 Å². The lowest BCUT2D eigenvalue weighted by Gasteiger charge is -2.30. The number of carbonyl (C=O) groups excluding carboxylic acids is 2. The predicted molar refractivity (Wildman–Crippen MR) is 245 cm³/mol. The number of sulfonamides is 2. The predicted octanol–water partition coefficient (Wildman–Crippen LogP) is 7.17. The second-order valence-electron chi connectivity index (χ2n) is 15.6. The monoisotopic (exact) mass is 978 g/mol. The third-order valence-electron chi connectivity index (χ3n) is 9.54. The van der Waals surface area contributed by atoms with Crippen molar-refractivity contribution in [1.82, 2.24) is 14.1 Å². The van der Waals surface area contributed by atoms with Crippen LogP contribution in [0.5, 0.6) is 0 Å². The Kier molecular flexibility index (Phi) is 19.4.